The molecule has 7 heteroatoms. The average Bonchev–Trinajstić information content (AvgIpc) is 2.07. The Morgan fingerprint density at radius 3 is 2.33 bits per heavy atom. The average molecular weight is 279 g/mol. The lowest BCUT2D eigenvalue weighted by molar-refractivity contribution is 0.0405. The predicted molar refractivity (Wildman–Crippen MR) is 66.7 cm³/mol. The molecule has 0 aliphatic heterocycles. The molecule has 1 rings (SSSR count). The SMILES string of the molecule is CC(C)(C)OC(=O)N[C@@H]1CC[C@@H]1COS(C)(=O)=O. The topological polar surface area (TPSA) is 81.7 Å². The highest BCUT2D eigenvalue weighted by Gasteiger charge is 2.34. The fraction of sp³-hybridized carbons (Fsp3) is 0.909. The third kappa shape index (κ3) is 5.68. The molecular formula is C11H21NO5S. The summed E-state index contributed by atoms with van der Waals surface area (Å²) in [5.41, 5.74) is -0.535. The first-order valence-electron chi connectivity index (χ1n) is 5.91. The molecule has 1 saturated carbocycles. The zero-order chi connectivity index (χ0) is 14.0. The predicted octanol–water partition coefficient (Wildman–Crippen LogP) is 1.27. The Balaban J connectivity index is 2.34. The van der Waals surface area contributed by atoms with E-state index in [1.807, 2.05) is 0 Å². The first-order valence-corrected chi connectivity index (χ1v) is 7.72. The van der Waals surface area contributed by atoms with Crippen molar-refractivity contribution < 1.29 is 22.1 Å². The summed E-state index contributed by atoms with van der Waals surface area (Å²) in [7, 11) is -3.42. The lowest BCUT2D eigenvalue weighted by Crippen LogP contribution is -2.50. The molecular weight excluding hydrogens is 258 g/mol. The third-order valence-corrected chi connectivity index (χ3v) is 3.18. The molecule has 1 fully saturated rings. The minimum Gasteiger partial charge on any atom is -0.444 e. The van der Waals surface area contributed by atoms with Crippen LogP contribution >= 0.6 is 0 Å². The Morgan fingerprint density at radius 1 is 1.33 bits per heavy atom. The fourth-order valence-corrected chi connectivity index (χ4v) is 2.05. The normalized spacial score (nSPS) is 24.2. The minimum atomic E-state index is -3.42. The van der Waals surface area contributed by atoms with E-state index >= 15 is 0 Å². The number of ether oxygens (including phenoxy) is 1. The van der Waals surface area contributed by atoms with Crippen LogP contribution in [0.15, 0.2) is 0 Å². The molecule has 106 valence electrons. The van der Waals surface area contributed by atoms with Gasteiger partial charge in [-0.2, -0.15) is 8.42 Å². The van der Waals surface area contributed by atoms with Crippen LogP contribution in [0.5, 0.6) is 0 Å². The van der Waals surface area contributed by atoms with Gasteiger partial charge in [-0.25, -0.2) is 4.79 Å². The zero-order valence-electron chi connectivity index (χ0n) is 11.2. The van der Waals surface area contributed by atoms with Crippen LogP contribution in [0.1, 0.15) is 33.6 Å². The number of carbonyl (C=O) groups is 1. The standard InChI is InChI=1S/C11H21NO5S/c1-11(2,3)17-10(13)12-9-6-5-8(9)7-16-18(4,14)15/h8-9H,5-7H2,1-4H3,(H,12,13)/t8-,9-/m1/s1. The van der Waals surface area contributed by atoms with Gasteiger partial charge in [-0.1, -0.05) is 0 Å². The quantitative estimate of drug-likeness (QED) is 0.784. The molecule has 0 heterocycles. The van der Waals surface area contributed by atoms with Crippen LogP contribution in [0.4, 0.5) is 4.79 Å². The van der Waals surface area contributed by atoms with Crippen molar-refractivity contribution in [2.75, 3.05) is 12.9 Å². The molecule has 0 saturated heterocycles. The van der Waals surface area contributed by atoms with Crippen molar-refractivity contribution in [1.29, 1.82) is 0 Å². The number of carbonyl (C=O) groups excluding carboxylic acids is 1. The highest BCUT2D eigenvalue weighted by Crippen LogP contribution is 2.28. The second-order valence-corrected chi connectivity index (χ2v) is 7.22. The Bertz CT molecular complexity index is 398. The number of nitrogens with one attached hydrogen (secondary N) is 1. The monoisotopic (exact) mass is 279 g/mol. The summed E-state index contributed by atoms with van der Waals surface area (Å²) < 4.78 is 31.6. The van der Waals surface area contributed by atoms with Crippen LogP contribution in [-0.2, 0) is 19.0 Å². The van der Waals surface area contributed by atoms with Crippen LogP contribution in [-0.4, -0.2) is 39.0 Å². The van der Waals surface area contributed by atoms with Crippen LogP contribution in [0.3, 0.4) is 0 Å². The Labute approximate surface area is 108 Å². The van der Waals surface area contributed by atoms with Gasteiger partial charge in [-0.05, 0) is 33.6 Å². The molecule has 0 aromatic heterocycles. The van der Waals surface area contributed by atoms with Gasteiger partial charge in [-0.3, -0.25) is 4.18 Å². The molecule has 0 bridgehead atoms. The molecule has 18 heavy (non-hydrogen) atoms. The van der Waals surface area contributed by atoms with Gasteiger partial charge >= 0.3 is 6.09 Å². The second kappa shape index (κ2) is 5.44. The maximum atomic E-state index is 11.5. The highest BCUT2D eigenvalue weighted by atomic mass is 32.2. The van der Waals surface area contributed by atoms with E-state index in [4.69, 9.17) is 8.92 Å². The lowest BCUT2D eigenvalue weighted by atomic mass is 9.80. The van der Waals surface area contributed by atoms with E-state index in [0.29, 0.717) is 0 Å². The molecule has 0 radical (unpaired) electrons. The summed E-state index contributed by atoms with van der Waals surface area (Å²) in [4.78, 5) is 11.5. The summed E-state index contributed by atoms with van der Waals surface area (Å²) in [6.07, 6.45) is 2.20. The summed E-state index contributed by atoms with van der Waals surface area (Å²) >= 11 is 0. The highest BCUT2D eigenvalue weighted by molar-refractivity contribution is 7.85. The van der Waals surface area contributed by atoms with Crippen LogP contribution in [0.25, 0.3) is 0 Å². The fourth-order valence-electron chi connectivity index (χ4n) is 1.63. The maximum Gasteiger partial charge on any atom is 0.407 e. The molecule has 0 aromatic rings. The van der Waals surface area contributed by atoms with E-state index in [0.717, 1.165) is 19.1 Å². The van der Waals surface area contributed by atoms with Gasteiger partial charge in [0.2, 0.25) is 0 Å². The first kappa shape index (κ1) is 15.2. The molecule has 0 aromatic carbocycles. The second-order valence-electron chi connectivity index (χ2n) is 5.58. The molecule has 1 N–H and O–H groups in total. The van der Waals surface area contributed by atoms with Crippen molar-refractivity contribution in [1.82, 2.24) is 5.32 Å². The van der Waals surface area contributed by atoms with E-state index in [9.17, 15) is 13.2 Å². The van der Waals surface area contributed by atoms with Crippen molar-refractivity contribution >= 4 is 16.2 Å². The minimum absolute atomic E-state index is 0.0345. The van der Waals surface area contributed by atoms with Crippen molar-refractivity contribution in [3.05, 3.63) is 0 Å². The van der Waals surface area contributed by atoms with Gasteiger partial charge in [0, 0.05) is 12.0 Å². The van der Waals surface area contributed by atoms with Gasteiger partial charge < -0.3 is 10.1 Å². The van der Waals surface area contributed by atoms with Crippen LogP contribution < -0.4 is 5.32 Å². The van der Waals surface area contributed by atoms with E-state index in [1.54, 1.807) is 20.8 Å². The molecule has 0 unspecified atom stereocenters. The molecule has 0 spiro atoms. The van der Waals surface area contributed by atoms with Gasteiger partial charge in [0.05, 0.1) is 12.9 Å². The van der Waals surface area contributed by atoms with Crippen molar-refractivity contribution in [3.63, 3.8) is 0 Å². The Kier molecular flexibility index (Phi) is 4.61. The first-order chi connectivity index (χ1) is 8.07. The van der Waals surface area contributed by atoms with E-state index in [1.165, 1.54) is 0 Å². The third-order valence-electron chi connectivity index (χ3n) is 2.62. The molecule has 1 amide bonds. The molecule has 6 nitrogen and oxygen atoms in total. The van der Waals surface area contributed by atoms with Crippen molar-refractivity contribution in [3.8, 4) is 0 Å². The van der Waals surface area contributed by atoms with Gasteiger partial charge in [0.15, 0.2) is 0 Å². The smallest absolute Gasteiger partial charge is 0.407 e. The number of amides is 1. The zero-order valence-corrected chi connectivity index (χ0v) is 12.0. The van der Waals surface area contributed by atoms with E-state index in [2.05, 4.69) is 5.32 Å². The number of hydrogen-bond donors (Lipinski definition) is 1. The van der Waals surface area contributed by atoms with Crippen molar-refractivity contribution in [2.45, 2.75) is 45.3 Å². The van der Waals surface area contributed by atoms with Crippen LogP contribution in [0, 0.1) is 5.92 Å². The summed E-state index contributed by atoms with van der Waals surface area (Å²) in [6.45, 7) is 5.48. The summed E-state index contributed by atoms with van der Waals surface area (Å²) in [6, 6.07) is -0.0680. The number of alkyl carbamates (subject to hydrolysis) is 1. The lowest BCUT2D eigenvalue weighted by Gasteiger charge is -2.36. The van der Waals surface area contributed by atoms with Crippen LogP contribution in [0.2, 0.25) is 0 Å². The maximum absolute atomic E-state index is 11.5. The Morgan fingerprint density at radius 2 is 1.94 bits per heavy atom. The van der Waals surface area contributed by atoms with E-state index in [-0.39, 0.29) is 18.6 Å². The van der Waals surface area contributed by atoms with E-state index < -0.39 is 21.8 Å². The summed E-state index contributed by atoms with van der Waals surface area (Å²) in [5.74, 6) is 0.0345. The van der Waals surface area contributed by atoms with Crippen molar-refractivity contribution in [2.24, 2.45) is 5.92 Å². The molecule has 1 aliphatic carbocycles. The summed E-state index contributed by atoms with van der Waals surface area (Å²) in [5, 5.41) is 2.72. The van der Waals surface area contributed by atoms with Gasteiger partial charge in [-0.15, -0.1) is 0 Å². The Hall–Kier alpha value is -0.820. The molecule has 2 atom stereocenters. The molecule has 1 aliphatic rings. The number of hydrogen-bond acceptors (Lipinski definition) is 5. The number of rotatable bonds is 4. The van der Waals surface area contributed by atoms with Gasteiger partial charge in [0.25, 0.3) is 10.1 Å². The largest absolute Gasteiger partial charge is 0.444 e. The van der Waals surface area contributed by atoms with Gasteiger partial charge in [0.1, 0.15) is 5.60 Å².